The molecule has 1 N–H and O–H groups in total. The lowest BCUT2D eigenvalue weighted by molar-refractivity contribution is 0.0711. The Morgan fingerprint density at radius 1 is 1.20 bits per heavy atom. The van der Waals surface area contributed by atoms with Crippen LogP contribution in [0.5, 0.6) is 0 Å². The number of nitrogens with zero attached hydrogens (tertiary/aromatic N) is 2. The molecule has 1 saturated heterocycles. The molecule has 0 unspecified atom stereocenters. The number of furan rings is 1. The summed E-state index contributed by atoms with van der Waals surface area (Å²) in [6.45, 7) is 1.42. The maximum Gasteiger partial charge on any atom is 0.257 e. The molecule has 1 fully saturated rings. The van der Waals surface area contributed by atoms with Gasteiger partial charge >= 0.3 is 0 Å². The summed E-state index contributed by atoms with van der Waals surface area (Å²) in [7, 11) is 0. The van der Waals surface area contributed by atoms with Gasteiger partial charge in [-0.2, -0.15) is 5.10 Å². The monoisotopic (exact) mass is 339 g/mol. The number of carbonyl (C=O) groups is 1. The summed E-state index contributed by atoms with van der Waals surface area (Å²) in [5, 5.41) is 7.44. The van der Waals surface area contributed by atoms with Crippen molar-refractivity contribution < 1.29 is 13.6 Å². The molecular weight excluding hydrogens is 321 g/mol. The lowest BCUT2D eigenvalue weighted by atomic mass is 9.93. The summed E-state index contributed by atoms with van der Waals surface area (Å²) < 4.78 is 18.0. The lowest BCUT2D eigenvalue weighted by Crippen LogP contribution is -2.37. The van der Waals surface area contributed by atoms with Gasteiger partial charge in [0.25, 0.3) is 5.91 Å². The van der Waals surface area contributed by atoms with Crippen molar-refractivity contribution in [2.45, 2.75) is 18.8 Å². The fourth-order valence-corrected chi connectivity index (χ4v) is 3.28. The van der Waals surface area contributed by atoms with Crippen LogP contribution >= 0.6 is 0 Å². The van der Waals surface area contributed by atoms with Crippen molar-refractivity contribution in [3.63, 3.8) is 0 Å². The van der Waals surface area contributed by atoms with E-state index >= 15 is 0 Å². The van der Waals surface area contributed by atoms with Gasteiger partial charge in [-0.3, -0.25) is 9.89 Å². The van der Waals surface area contributed by atoms with Gasteiger partial charge in [0.1, 0.15) is 12.1 Å². The average molecular weight is 339 g/mol. The Morgan fingerprint density at radius 2 is 1.96 bits per heavy atom. The van der Waals surface area contributed by atoms with Crippen LogP contribution in [0.25, 0.3) is 11.3 Å². The number of rotatable bonds is 3. The fraction of sp³-hybridized carbons (Fsp3) is 0.263. The first-order chi connectivity index (χ1) is 12.2. The number of likely N-dealkylation sites (tertiary alicyclic amines) is 1. The zero-order valence-electron chi connectivity index (χ0n) is 13.6. The summed E-state index contributed by atoms with van der Waals surface area (Å²) in [5.41, 5.74) is 3.36. The van der Waals surface area contributed by atoms with Gasteiger partial charge in [-0.25, -0.2) is 4.39 Å². The zero-order chi connectivity index (χ0) is 17.2. The van der Waals surface area contributed by atoms with Crippen LogP contribution in [-0.2, 0) is 0 Å². The van der Waals surface area contributed by atoms with Crippen molar-refractivity contribution >= 4 is 5.91 Å². The fourth-order valence-electron chi connectivity index (χ4n) is 3.28. The third-order valence-corrected chi connectivity index (χ3v) is 4.73. The van der Waals surface area contributed by atoms with Gasteiger partial charge in [-0.15, -0.1) is 0 Å². The van der Waals surface area contributed by atoms with Crippen molar-refractivity contribution in [3.8, 4) is 11.3 Å². The van der Waals surface area contributed by atoms with E-state index in [-0.39, 0.29) is 11.7 Å². The van der Waals surface area contributed by atoms with Crippen LogP contribution in [0.4, 0.5) is 4.39 Å². The highest BCUT2D eigenvalue weighted by atomic mass is 19.1. The maximum absolute atomic E-state index is 13.0. The smallest absolute Gasteiger partial charge is 0.257 e. The molecule has 0 spiro atoms. The molecule has 0 atom stereocenters. The Hall–Kier alpha value is -2.89. The second-order valence-corrected chi connectivity index (χ2v) is 6.29. The third kappa shape index (κ3) is 3.20. The van der Waals surface area contributed by atoms with Crippen molar-refractivity contribution in [3.05, 3.63) is 66.0 Å². The van der Waals surface area contributed by atoms with Crippen molar-refractivity contribution in [2.75, 3.05) is 13.1 Å². The molecule has 5 nitrogen and oxygen atoms in total. The molecule has 1 aliphatic rings. The molecule has 2 aromatic heterocycles. The summed E-state index contributed by atoms with van der Waals surface area (Å²) in [4.78, 5) is 14.2. The van der Waals surface area contributed by atoms with Crippen LogP contribution in [0, 0.1) is 5.82 Å². The number of hydrogen-bond donors (Lipinski definition) is 1. The van der Waals surface area contributed by atoms with E-state index in [9.17, 15) is 9.18 Å². The largest absolute Gasteiger partial charge is 0.472 e. The van der Waals surface area contributed by atoms with E-state index in [0.717, 1.165) is 29.8 Å². The van der Waals surface area contributed by atoms with Crippen molar-refractivity contribution in [1.82, 2.24) is 15.1 Å². The summed E-state index contributed by atoms with van der Waals surface area (Å²) >= 11 is 0. The summed E-state index contributed by atoms with van der Waals surface area (Å²) in [6.07, 6.45) is 4.77. The maximum atomic E-state index is 13.0. The van der Waals surface area contributed by atoms with Crippen LogP contribution < -0.4 is 0 Å². The van der Waals surface area contributed by atoms with E-state index in [1.807, 2.05) is 11.0 Å². The van der Waals surface area contributed by atoms with Gasteiger partial charge in [0, 0.05) is 30.3 Å². The number of carbonyl (C=O) groups excluding carboxylic acids is 1. The minimum atomic E-state index is -0.255. The summed E-state index contributed by atoms with van der Waals surface area (Å²) in [6, 6.07) is 10.0. The number of halogens is 1. The van der Waals surface area contributed by atoms with E-state index in [1.54, 1.807) is 18.2 Å². The number of nitrogens with one attached hydrogen (secondary N) is 1. The molecule has 1 aliphatic heterocycles. The van der Waals surface area contributed by atoms with E-state index in [2.05, 4.69) is 10.2 Å². The van der Waals surface area contributed by atoms with Crippen LogP contribution in [0.15, 0.2) is 53.3 Å². The van der Waals surface area contributed by atoms with Crippen LogP contribution in [-0.4, -0.2) is 34.1 Å². The van der Waals surface area contributed by atoms with Gasteiger partial charge in [0.2, 0.25) is 0 Å². The number of aromatic nitrogens is 2. The third-order valence-electron chi connectivity index (χ3n) is 4.73. The molecule has 0 saturated carbocycles. The standard InChI is InChI=1S/C19H18FN3O2/c20-16-3-1-13(2-4-16)17-11-18(22-21-17)14-5-8-23(9-6-14)19(24)15-7-10-25-12-15/h1-4,7,10-12,14H,5-6,8-9H2,(H,21,22). The van der Waals surface area contributed by atoms with E-state index < -0.39 is 0 Å². The predicted octanol–water partition coefficient (Wildman–Crippen LogP) is 3.83. The molecule has 3 aromatic rings. The zero-order valence-corrected chi connectivity index (χ0v) is 13.6. The van der Waals surface area contributed by atoms with Crippen LogP contribution in [0.2, 0.25) is 0 Å². The van der Waals surface area contributed by atoms with E-state index in [4.69, 9.17) is 4.42 Å². The predicted molar refractivity (Wildman–Crippen MR) is 90.6 cm³/mol. The molecule has 6 heteroatoms. The molecule has 25 heavy (non-hydrogen) atoms. The molecule has 0 aliphatic carbocycles. The average Bonchev–Trinajstić information content (AvgIpc) is 3.34. The second-order valence-electron chi connectivity index (χ2n) is 6.29. The molecule has 0 bridgehead atoms. The highest BCUT2D eigenvalue weighted by Gasteiger charge is 2.26. The molecule has 3 heterocycles. The number of hydrogen-bond acceptors (Lipinski definition) is 3. The first-order valence-corrected chi connectivity index (χ1v) is 8.33. The number of amides is 1. The number of piperidine rings is 1. The highest BCUT2D eigenvalue weighted by molar-refractivity contribution is 5.93. The first-order valence-electron chi connectivity index (χ1n) is 8.33. The first kappa shape index (κ1) is 15.6. The Labute approximate surface area is 144 Å². The van der Waals surface area contributed by atoms with Crippen molar-refractivity contribution in [2.24, 2.45) is 0 Å². The lowest BCUT2D eigenvalue weighted by Gasteiger charge is -2.31. The number of H-pyrrole nitrogens is 1. The molecule has 0 radical (unpaired) electrons. The Kier molecular flexibility index (Phi) is 4.09. The van der Waals surface area contributed by atoms with Gasteiger partial charge < -0.3 is 9.32 Å². The van der Waals surface area contributed by atoms with Crippen LogP contribution in [0.1, 0.15) is 34.8 Å². The van der Waals surface area contributed by atoms with Gasteiger partial charge in [-0.05, 0) is 49.2 Å². The Balaban J connectivity index is 1.41. The molecule has 128 valence electrons. The van der Waals surface area contributed by atoms with Gasteiger partial charge in [0.05, 0.1) is 17.5 Å². The summed E-state index contributed by atoms with van der Waals surface area (Å²) in [5.74, 6) is 0.105. The normalized spacial score (nSPS) is 15.5. The molecule has 1 amide bonds. The minimum absolute atomic E-state index is 0.0174. The molecule has 1 aromatic carbocycles. The van der Waals surface area contributed by atoms with E-state index in [0.29, 0.717) is 24.6 Å². The SMILES string of the molecule is O=C(c1ccoc1)N1CCC(c2cc(-c3ccc(F)cc3)n[nH]2)CC1. The molecule has 4 rings (SSSR count). The van der Waals surface area contributed by atoms with E-state index in [1.165, 1.54) is 24.7 Å². The Bertz CT molecular complexity index is 847. The minimum Gasteiger partial charge on any atom is -0.472 e. The topological polar surface area (TPSA) is 62.1 Å². The molecular formula is C19H18FN3O2. The highest BCUT2D eigenvalue weighted by Crippen LogP contribution is 2.30. The number of aromatic amines is 1. The quantitative estimate of drug-likeness (QED) is 0.789. The second kappa shape index (κ2) is 6.55. The van der Waals surface area contributed by atoms with Crippen LogP contribution in [0.3, 0.4) is 0 Å². The van der Waals surface area contributed by atoms with Gasteiger partial charge in [0.15, 0.2) is 0 Å². The Morgan fingerprint density at radius 3 is 2.64 bits per heavy atom. The van der Waals surface area contributed by atoms with Crippen molar-refractivity contribution in [1.29, 1.82) is 0 Å². The number of benzene rings is 1. The van der Waals surface area contributed by atoms with Gasteiger partial charge in [-0.1, -0.05) is 0 Å².